The first-order valence-electron chi connectivity index (χ1n) is 9.17. The molecule has 0 aliphatic heterocycles. The van der Waals surface area contributed by atoms with Gasteiger partial charge in [-0.15, -0.1) is 0 Å². The summed E-state index contributed by atoms with van der Waals surface area (Å²) in [7, 11) is 2.84. The maximum atomic E-state index is 13.8. The Morgan fingerprint density at radius 3 is 2.29 bits per heavy atom. The summed E-state index contributed by atoms with van der Waals surface area (Å²) in [5, 5.41) is 9.84. The van der Waals surface area contributed by atoms with Gasteiger partial charge in [0, 0.05) is 0 Å². The maximum Gasteiger partial charge on any atom is 0.347 e. The number of hydrogen-bond acceptors (Lipinski definition) is 6. The van der Waals surface area contributed by atoms with E-state index in [1.165, 1.54) is 44.6 Å². The highest BCUT2D eigenvalue weighted by Crippen LogP contribution is 2.28. The number of carbonyl (C=O) groups is 2. The molecule has 3 aromatic carbocycles. The number of benzene rings is 3. The molecule has 0 heterocycles. The summed E-state index contributed by atoms with van der Waals surface area (Å²) >= 11 is 0. The lowest BCUT2D eigenvalue weighted by molar-refractivity contribution is 0.0729. The molecule has 7 heteroatoms. The Balaban J connectivity index is 1.86. The fourth-order valence-electron chi connectivity index (χ4n) is 2.82. The van der Waals surface area contributed by atoms with Crippen LogP contribution in [0.3, 0.4) is 0 Å². The van der Waals surface area contributed by atoms with Crippen molar-refractivity contribution in [2.24, 2.45) is 0 Å². The molecule has 0 bridgehead atoms. The summed E-state index contributed by atoms with van der Waals surface area (Å²) in [6, 6.07) is 14.3. The highest BCUT2D eigenvalue weighted by atomic mass is 19.1. The molecule has 6 nitrogen and oxygen atoms in total. The molecule has 0 saturated heterocycles. The number of phenolic OH excluding ortho intramolecular Hbond substituents is 1. The highest BCUT2D eigenvalue weighted by Gasteiger charge is 2.18. The van der Waals surface area contributed by atoms with Crippen LogP contribution in [0, 0.1) is 5.82 Å². The van der Waals surface area contributed by atoms with E-state index in [1.807, 2.05) is 0 Å². The van der Waals surface area contributed by atoms with Gasteiger partial charge in [0.05, 0.1) is 19.8 Å². The van der Waals surface area contributed by atoms with E-state index in [0.717, 1.165) is 12.1 Å². The summed E-state index contributed by atoms with van der Waals surface area (Å²) in [5.41, 5.74) is 0.560. The Hall–Kier alpha value is -4.13. The molecule has 0 amide bonds. The summed E-state index contributed by atoms with van der Waals surface area (Å²) in [5.74, 6) is -1.57. The smallest absolute Gasteiger partial charge is 0.347 e. The van der Waals surface area contributed by atoms with Crippen molar-refractivity contribution in [3.63, 3.8) is 0 Å². The van der Waals surface area contributed by atoms with Crippen LogP contribution in [0.4, 0.5) is 4.39 Å². The number of aromatic hydroxyl groups is 1. The molecule has 0 unspecified atom stereocenters. The predicted octanol–water partition coefficient (Wildman–Crippen LogP) is 4.66. The molecule has 0 saturated carbocycles. The summed E-state index contributed by atoms with van der Waals surface area (Å²) in [6.45, 7) is 0. The van der Waals surface area contributed by atoms with Crippen LogP contribution in [0.1, 0.15) is 26.3 Å². The number of ketones is 1. The van der Waals surface area contributed by atoms with Gasteiger partial charge in [-0.3, -0.25) is 4.79 Å². The minimum atomic E-state index is -0.748. The van der Waals surface area contributed by atoms with E-state index in [2.05, 4.69) is 0 Å². The number of methoxy groups -OCH3 is 2. The van der Waals surface area contributed by atoms with Gasteiger partial charge in [0.15, 0.2) is 17.3 Å². The highest BCUT2D eigenvalue weighted by molar-refractivity contribution is 6.09. The first-order valence-corrected chi connectivity index (χ1v) is 9.17. The average molecular weight is 422 g/mol. The molecular formula is C24H19FO6. The number of para-hydroxylation sites is 1. The quantitative estimate of drug-likeness (QED) is 0.258. The Kier molecular flexibility index (Phi) is 6.67. The number of ether oxygens (including phenoxy) is 3. The van der Waals surface area contributed by atoms with Gasteiger partial charge in [-0.05, 0) is 54.1 Å². The van der Waals surface area contributed by atoms with Crippen molar-refractivity contribution < 1.29 is 33.3 Å². The molecule has 0 radical (unpaired) electrons. The number of allylic oxidation sites excluding steroid dienone is 1. The normalized spacial score (nSPS) is 10.7. The third-order valence-corrected chi connectivity index (χ3v) is 4.37. The first kappa shape index (κ1) is 21.6. The van der Waals surface area contributed by atoms with E-state index < -0.39 is 17.6 Å². The summed E-state index contributed by atoms with van der Waals surface area (Å²) < 4.78 is 29.3. The molecule has 0 aliphatic rings. The first-order chi connectivity index (χ1) is 14.9. The monoisotopic (exact) mass is 422 g/mol. The van der Waals surface area contributed by atoms with Crippen molar-refractivity contribution in [3.8, 4) is 23.0 Å². The number of phenols is 1. The fraction of sp³-hybridized carbons (Fsp3) is 0.0833. The Bertz CT molecular complexity index is 1150. The van der Waals surface area contributed by atoms with E-state index in [-0.39, 0.29) is 22.6 Å². The molecule has 0 aromatic heterocycles. The second-order valence-corrected chi connectivity index (χ2v) is 6.36. The van der Waals surface area contributed by atoms with Crippen LogP contribution in [0.5, 0.6) is 23.0 Å². The lowest BCUT2D eigenvalue weighted by atomic mass is 10.1. The lowest BCUT2D eigenvalue weighted by Crippen LogP contribution is -2.12. The van der Waals surface area contributed by atoms with Gasteiger partial charge in [-0.2, -0.15) is 0 Å². The molecule has 1 N–H and O–H groups in total. The van der Waals surface area contributed by atoms with Gasteiger partial charge in [-0.1, -0.05) is 24.3 Å². The average Bonchev–Trinajstić information content (AvgIpc) is 2.78. The minimum absolute atomic E-state index is 0.0886. The maximum absolute atomic E-state index is 13.8. The minimum Gasteiger partial charge on any atom is -0.504 e. The zero-order chi connectivity index (χ0) is 22.4. The van der Waals surface area contributed by atoms with Crippen molar-refractivity contribution in [3.05, 3.63) is 89.2 Å². The summed E-state index contributed by atoms with van der Waals surface area (Å²) in [6.07, 6.45) is 2.63. The second kappa shape index (κ2) is 9.58. The van der Waals surface area contributed by atoms with Gasteiger partial charge in [0.1, 0.15) is 22.9 Å². The van der Waals surface area contributed by atoms with Gasteiger partial charge in [-0.25, -0.2) is 9.18 Å². The number of halogens is 1. The van der Waals surface area contributed by atoms with Crippen LogP contribution in [0.25, 0.3) is 6.08 Å². The molecule has 31 heavy (non-hydrogen) atoms. The third kappa shape index (κ3) is 5.08. The van der Waals surface area contributed by atoms with Gasteiger partial charge in [0.25, 0.3) is 0 Å². The zero-order valence-corrected chi connectivity index (χ0v) is 16.8. The molecule has 0 aliphatic carbocycles. The molecule has 3 aromatic rings. The molecular weight excluding hydrogens is 403 g/mol. The van der Waals surface area contributed by atoms with Crippen molar-refractivity contribution in [2.75, 3.05) is 14.2 Å². The van der Waals surface area contributed by atoms with Crippen molar-refractivity contribution in [1.82, 2.24) is 0 Å². The molecule has 0 fully saturated rings. The Morgan fingerprint density at radius 1 is 0.871 bits per heavy atom. The van der Waals surface area contributed by atoms with Crippen LogP contribution >= 0.6 is 0 Å². The van der Waals surface area contributed by atoms with Gasteiger partial charge >= 0.3 is 5.97 Å². The Morgan fingerprint density at radius 2 is 1.58 bits per heavy atom. The van der Waals surface area contributed by atoms with Crippen LogP contribution in [-0.4, -0.2) is 31.1 Å². The number of rotatable bonds is 7. The Labute approximate surface area is 178 Å². The number of esters is 1. The topological polar surface area (TPSA) is 82.1 Å². The van der Waals surface area contributed by atoms with E-state index in [9.17, 15) is 19.1 Å². The zero-order valence-electron chi connectivity index (χ0n) is 16.8. The van der Waals surface area contributed by atoms with Crippen LogP contribution < -0.4 is 14.2 Å². The number of carbonyl (C=O) groups excluding carboxylic acids is 2. The number of hydrogen-bond donors (Lipinski definition) is 1. The van der Waals surface area contributed by atoms with Crippen LogP contribution in [0.15, 0.2) is 66.7 Å². The van der Waals surface area contributed by atoms with Crippen molar-refractivity contribution in [1.29, 1.82) is 0 Å². The largest absolute Gasteiger partial charge is 0.504 e. The van der Waals surface area contributed by atoms with E-state index in [4.69, 9.17) is 14.2 Å². The predicted molar refractivity (Wildman–Crippen MR) is 112 cm³/mol. The van der Waals surface area contributed by atoms with Gasteiger partial charge < -0.3 is 19.3 Å². The van der Waals surface area contributed by atoms with Crippen LogP contribution in [0.2, 0.25) is 0 Å². The van der Waals surface area contributed by atoms with Crippen molar-refractivity contribution >= 4 is 17.8 Å². The SMILES string of the molecule is COc1ccc(/C=C/C(=O)c2cc(F)ccc2OC(=O)c2ccccc2OC)cc1O. The van der Waals surface area contributed by atoms with Crippen LogP contribution in [-0.2, 0) is 0 Å². The summed E-state index contributed by atoms with van der Waals surface area (Å²) in [4.78, 5) is 25.2. The molecule has 0 atom stereocenters. The van der Waals surface area contributed by atoms with Gasteiger partial charge in [0.2, 0.25) is 0 Å². The van der Waals surface area contributed by atoms with E-state index in [0.29, 0.717) is 17.1 Å². The standard InChI is InChI=1S/C24H19FO6/c1-29-21-6-4-3-5-17(21)24(28)31-22-12-9-16(25)14-18(22)19(26)10-7-15-8-11-23(30-2)20(27)13-15/h3-14,27H,1-2H3/b10-7+. The van der Waals surface area contributed by atoms with E-state index >= 15 is 0 Å². The molecule has 158 valence electrons. The second-order valence-electron chi connectivity index (χ2n) is 6.36. The van der Waals surface area contributed by atoms with E-state index in [1.54, 1.807) is 30.3 Å². The fourth-order valence-corrected chi connectivity index (χ4v) is 2.82. The third-order valence-electron chi connectivity index (χ3n) is 4.37. The van der Waals surface area contributed by atoms with Crippen molar-refractivity contribution in [2.45, 2.75) is 0 Å². The lowest BCUT2D eigenvalue weighted by Gasteiger charge is -2.10. The molecule has 0 spiro atoms. The molecule has 3 rings (SSSR count).